The van der Waals surface area contributed by atoms with Crippen molar-refractivity contribution < 1.29 is 8.78 Å². The Hall–Kier alpha value is -2.00. The molecule has 0 fully saturated rings. The smallest absolute Gasteiger partial charge is 0.117 e. The third kappa shape index (κ3) is 12.4. The summed E-state index contributed by atoms with van der Waals surface area (Å²) in [4.78, 5) is 0. The molecular formula is C28H47F2N. The molecule has 2 N–H and O–H groups in total. The van der Waals surface area contributed by atoms with Crippen molar-refractivity contribution in [2.45, 2.75) is 78.8 Å². The molecule has 31 heavy (non-hydrogen) atoms. The number of hydrogen-bond acceptors (Lipinski definition) is 1. The van der Waals surface area contributed by atoms with Crippen LogP contribution in [0.3, 0.4) is 0 Å². The minimum atomic E-state index is -1.18. The fraction of sp³-hybridized carbons (Fsp3) is 0.500. The van der Waals surface area contributed by atoms with Crippen molar-refractivity contribution in [2.75, 3.05) is 13.7 Å². The van der Waals surface area contributed by atoms with E-state index in [2.05, 4.69) is 88.5 Å². The lowest BCUT2D eigenvalue weighted by Crippen LogP contribution is -2.27. The van der Waals surface area contributed by atoms with Crippen LogP contribution in [-0.2, 0) is 5.41 Å². The van der Waals surface area contributed by atoms with Crippen molar-refractivity contribution in [1.29, 1.82) is 0 Å². The zero-order valence-corrected chi connectivity index (χ0v) is 21.3. The summed E-state index contributed by atoms with van der Waals surface area (Å²) in [6.45, 7) is 19.8. The van der Waals surface area contributed by atoms with E-state index in [0.29, 0.717) is 7.18 Å². The molecule has 0 spiro atoms. The molecule has 0 aliphatic heterocycles. The van der Waals surface area contributed by atoms with Crippen molar-refractivity contribution in [3.63, 3.8) is 0 Å². The quantitative estimate of drug-likeness (QED) is 0.452. The van der Waals surface area contributed by atoms with Crippen molar-refractivity contribution >= 4 is 0 Å². The Morgan fingerprint density at radius 2 is 1.29 bits per heavy atom. The van der Waals surface area contributed by atoms with Gasteiger partial charge in [-0.05, 0) is 50.3 Å². The van der Waals surface area contributed by atoms with Gasteiger partial charge in [0.25, 0.3) is 0 Å². The van der Waals surface area contributed by atoms with Gasteiger partial charge in [0, 0.05) is 12.0 Å². The van der Waals surface area contributed by atoms with Gasteiger partial charge in [0.15, 0.2) is 0 Å². The topological polar surface area (TPSA) is 26.0 Å². The van der Waals surface area contributed by atoms with Gasteiger partial charge in [0.1, 0.15) is 5.67 Å². The normalized spacial score (nSPS) is 11.5. The van der Waals surface area contributed by atoms with Crippen LogP contribution in [0.15, 0.2) is 67.8 Å². The highest BCUT2D eigenvalue weighted by Gasteiger charge is 2.32. The van der Waals surface area contributed by atoms with Gasteiger partial charge in [-0.1, -0.05) is 88.7 Å². The lowest BCUT2D eigenvalue weighted by molar-refractivity contribution is 0.228. The van der Waals surface area contributed by atoms with Gasteiger partial charge >= 0.3 is 0 Å². The highest BCUT2D eigenvalue weighted by Crippen LogP contribution is 2.41. The second kappa shape index (κ2) is 19.9. The molecule has 0 aliphatic rings. The van der Waals surface area contributed by atoms with Gasteiger partial charge in [-0.25, -0.2) is 4.39 Å². The number of halogens is 2. The Bertz CT molecular complexity index is 635. The zero-order chi connectivity index (χ0) is 24.9. The Labute approximate surface area is 191 Å². The number of benzene rings is 2. The van der Waals surface area contributed by atoms with E-state index in [9.17, 15) is 8.78 Å². The molecule has 1 unspecified atom stereocenters. The van der Waals surface area contributed by atoms with Crippen LogP contribution in [0.2, 0.25) is 0 Å². The minimum absolute atomic E-state index is 0.104. The van der Waals surface area contributed by atoms with E-state index in [1.54, 1.807) is 0 Å². The lowest BCUT2D eigenvalue weighted by atomic mass is 9.68. The van der Waals surface area contributed by atoms with Gasteiger partial charge < -0.3 is 5.73 Å². The molecule has 178 valence electrons. The summed E-state index contributed by atoms with van der Waals surface area (Å²) in [5.41, 5.74) is 8.27. The fourth-order valence-electron chi connectivity index (χ4n) is 3.30. The highest BCUT2D eigenvalue weighted by molar-refractivity contribution is 5.43. The predicted molar refractivity (Wildman–Crippen MR) is 137 cm³/mol. The van der Waals surface area contributed by atoms with E-state index < -0.39 is 5.67 Å². The van der Waals surface area contributed by atoms with Crippen LogP contribution in [0.4, 0.5) is 8.78 Å². The molecule has 0 saturated carbocycles. The Morgan fingerprint density at radius 1 is 0.871 bits per heavy atom. The lowest BCUT2D eigenvalue weighted by Gasteiger charge is -2.35. The van der Waals surface area contributed by atoms with Crippen molar-refractivity contribution in [3.8, 4) is 0 Å². The molecular weight excluding hydrogens is 388 g/mol. The van der Waals surface area contributed by atoms with E-state index in [-0.39, 0.29) is 12.0 Å². The second-order valence-electron chi connectivity index (χ2n) is 7.29. The number of rotatable bonds is 6. The molecule has 0 aliphatic carbocycles. The van der Waals surface area contributed by atoms with Crippen LogP contribution in [0.25, 0.3) is 0 Å². The molecule has 3 heteroatoms. The van der Waals surface area contributed by atoms with E-state index in [1.807, 2.05) is 13.8 Å². The average Bonchev–Trinajstić information content (AvgIpc) is 2.82. The summed E-state index contributed by atoms with van der Waals surface area (Å²) in [6, 6.07) is 19.8. The molecule has 0 radical (unpaired) electrons. The third-order valence-electron chi connectivity index (χ3n) is 4.75. The predicted octanol–water partition coefficient (Wildman–Crippen LogP) is 8.60. The van der Waals surface area contributed by atoms with Gasteiger partial charge in [-0.2, -0.15) is 0 Å². The molecule has 0 aromatic heterocycles. The summed E-state index contributed by atoms with van der Waals surface area (Å²) >= 11 is 0. The first kappa shape index (κ1) is 33.6. The molecule has 0 amide bonds. The van der Waals surface area contributed by atoms with Crippen LogP contribution < -0.4 is 5.73 Å². The maximum Gasteiger partial charge on any atom is 0.117 e. The minimum Gasteiger partial charge on any atom is -0.328 e. The molecule has 1 nitrogen and oxygen atoms in total. The molecule has 2 rings (SSSR count). The maximum atomic E-state index is 12.0. The summed E-state index contributed by atoms with van der Waals surface area (Å²) in [5.74, 6) is 0. The van der Waals surface area contributed by atoms with Gasteiger partial charge in [-0.3, -0.25) is 4.39 Å². The molecule has 0 heterocycles. The van der Waals surface area contributed by atoms with E-state index in [0.717, 1.165) is 6.42 Å². The van der Waals surface area contributed by atoms with E-state index in [1.165, 1.54) is 43.4 Å². The second-order valence-corrected chi connectivity index (χ2v) is 7.29. The zero-order valence-electron chi connectivity index (χ0n) is 21.3. The Balaban J connectivity index is -0.000000552. The third-order valence-corrected chi connectivity index (χ3v) is 4.75. The first-order valence-corrected chi connectivity index (χ1v) is 11.2. The van der Waals surface area contributed by atoms with E-state index >= 15 is 0 Å². The average molecular weight is 436 g/mol. The fourth-order valence-corrected chi connectivity index (χ4v) is 3.30. The Morgan fingerprint density at radius 3 is 1.65 bits per heavy atom. The van der Waals surface area contributed by atoms with E-state index in [4.69, 9.17) is 5.73 Å². The summed E-state index contributed by atoms with van der Waals surface area (Å²) < 4.78 is 21.5. The van der Waals surface area contributed by atoms with Crippen molar-refractivity contribution in [1.82, 2.24) is 0 Å². The maximum absolute atomic E-state index is 12.0. The number of aryl methyl sites for hydroxylation is 1. The van der Waals surface area contributed by atoms with Crippen LogP contribution >= 0.6 is 0 Å². The summed E-state index contributed by atoms with van der Waals surface area (Å²) in [5, 5.41) is 0. The Kier molecular flexibility index (Phi) is 21.6. The monoisotopic (exact) mass is 435 g/mol. The number of alkyl halides is 2. The van der Waals surface area contributed by atoms with Gasteiger partial charge in [-0.15, -0.1) is 13.2 Å². The summed E-state index contributed by atoms with van der Waals surface area (Å²) in [6.07, 6.45) is 3.56. The molecule has 1 atom stereocenters. The first-order chi connectivity index (χ1) is 14.8. The van der Waals surface area contributed by atoms with Crippen molar-refractivity contribution in [2.24, 2.45) is 5.73 Å². The summed E-state index contributed by atoms with van der Waals surface area (Å²) in [7, 11) is 0.500. The molecule has 0 saturated heterocycles. The SMILES string of the molecule is C=C.CC.CC(C)(F)CN.CCCC(CC)(c1ccccc1)c1ccccc1C.CF. The van der Waals surface area contributed by atoms with Crippen molar-refractivity contribution in [3.05, 3.63) is 84.4 Å². The molecule has 2 aromatic rings. The van der Waals surface area contributed by atoms with Crippen LogP contribution in [0, 0.1) is 6.92 Å². The van der Waals surface area contributed by atoms with Gasteiger partial charge in [0.2, 0.25) is 0 Å². The first-order valence-electron chi connectivity index (χ1n) is 11.2. The van der Waals surface area contributed by atoms with Crippen LogP contribution in [0.5, 0.6) is 0 Å². The largest absolute Gasteiger partial charge is 0.328 e. The van der Waals surface area contributed by atoms with Crippen LogP contribution in [0.1, 0.15) is 77.5 Å². The standard InChI is InChI=1S/C19H24.C4H10FN.C2H6.C2H4.CH3F/c1-4-15-19(5-2,17-12-7-6-8-13-17)18-14-10-9-11-16(18)3;1-4(2,5)3-6;3*1-2/h6-14H,4-5,15H2,1-3H3;3,6H2,1-2H3;1-2H3;1-2H2;1H3. The number of nitrogens with two attached hydrogens (primary N) is 1. The van der Waals surface area contributed by atoms with Gasteiger partial charge in [0.05, 0.1) is 7.18 Å². The molecule has 0 bridgehead atoms. The number of hydrogen-bond donors (Lipinski definition) is 1. The van der Waals surface area contributed by atoms with Crippen LogP contribution in [-0.4, -0.2) is 19.4 Å². The molecule has 2 aromatic carbocycles. The highest BCUT2D eigenvalue weighted by atomic mass is 19.1.